The van der Waals surface area contributed by atoms with Crippen LogP contribution in [0.25, 0.3) is 16.7 Å². The molecule has 1 aromatic heterocycles. The third-order valence-electron chi connectivity index (χ3n) is 6.88. The van der Waals surface area contributed by atoms with Crippen molar-refractivity contribution in [2.24, 2.45) is 0 Å². The van der Waals surface area contributed by atoms with E-state index in [2.05, 4.69) is 4.98 Å². The molecule has 1 aliphatic heterocycles. The van der Waals surface area contributed by atoms with Crippen LogP contribution >= 0.6 is 0 Å². The first-order valence-electron chi connectivity index (χ1n) is 12.0. The number of ether oxygens (including phenoxy) is 1. The van der Waals surface area contributed by atoms with E-state index in [1.165, 1.54) is 29.2 Å². The number of aliphatic hydroxyl groups excluding tert-OH is 1. The van der Waals surface area contributed by atoms with Crippen molar-refractivity contribution in [3.63, 3.8) is 0 Å². The molecule has 2 heterocycles. The summed E-state index contributed by atoms with van der Waals surface area (Å²) in [5, 5.41) is 23.3. The van der Waals surface area contributed by atoms with E-state index < -0.39 is 22.7 Å². The zero-order valence-electron chi connectivity index (χ0n) is 20.8. The van der Waals surface area contributed by atoms with Gasteiger partial charge in [-0.2, -0.15) is 0 Å². The second-order valence-electron chi connectivity index (χ2n) is 9.18. The highest BCUT2D eigenvalue weighted by Gasteiger charge is 2.46. The van der Waals surface area contributed by atoms with Gasteiger partial charge in [0.2, 0.25) is 0 Å². The van der Waals surface area contributed by atoms with E-state index in [1.54, 1.807) is 31.4 Å². The number of nitrogens with zero attached hydrogens (tertiary/aromatic N) is 2. The number of non-ortho nitro benzene ring substituents is 1. The van der Waals surface area contributed by atoms with Crippen LogP contribution in [0.4, 0.5) is 5.69 Å². The van der Waals surface area contributed by atoms with E-state index >= 15 is 0 Å². The van der Waals surface area contributed by atoms with E-state index in [9.17, 15) is 24.8 Å². The average Bonchev–Trinajstić information content (AvgIpc) is 3.44. The number of aromatic amines is 1. The Hall–Kier alpha value is -4.92. The first-order valence-corrected chi connectivity index (χ1v) is 12.0. The number of ketones is 1. The van der Waals surface area contributed by atoms with Gasteiger partial charge < -0.3 is 19.7 Å². The van der Waals surface area contributed by atoms with Crippen molar-refractivity contribution in [1.82, 2.24) is 9.88 Å². The first-order chi connectivity index (χ1) is 18.3. The number of carbonyl (C=O) groups excluding carboxylic acids is 2. The lowest BCUT2D eigenvalue weighted by atomic mass is 9.94. The number of aromatic nitrogens is 1. The Morgan fingerprint density at radius 2 is 1.79 bits per heavy atom. The molecule has 0 aliphatic carbocycles. The molecular weight excluding hydrogens is 486 g/mol. The number of H-pyrrole nitrogens is 1. The van der Waals surface area contributed by atoms with Gasteiger partial charge in [0, 0.05) is 41.3 Å². The SMILES string of the molecule is COc1ccc2[nH]cc(CCN3C(=O)C(=O)C(=C(O)c4ccc(C)cc4)[C@@H]3c3ccc([N+](=O)[O-])cc3)c2c1. The van der Waals surface area contributed by atoms with Crippen LogP contribution < -0.4 is 4.74 Å². The molecule has 5 rings (SSSR count). The summed E-state index contributed by atoms with van der Waals surface area (Å²) in [6.07, 6.45) is 2.28. The Morgan fingerprint density at radius 1 is 1.08 bits per heavy atom. The topological polar surface area (TPSA) is 126 Å². The fraction of sp³-hybridized carbons (Fsp3) is 0.172. The molecule has 0 unspecified atom stereocenters. The molecule has 9 heteroatoms. The number of amides is 1. The van der Waals surface area contributed by atoms with Gasteiger partial charge in [0.25, 0.3) is 17.4 Å². The van der Waals surface area contributed by atoms with E-state index in [4.69, 9.17) is 4.74 Å². The summed E-state index contributed by atoms with van der Waals surface area (Å²) in [6.45, 7) is 2.08. The van der Waals surface area contributed by atoms with Gasteiger partial charge in [-0.1, -0.05) is 29.8 Å². The fourth-order valence-electron chi connectivity index (χ4n) is 4.83. The number of nitro benzene ring substituents is 1. The molecule has 1 atom stereocenters. The number of aliphatic hydroxyl groups is 1. The maximum absolute atomic E-state index is 13.3. The normalized spacial score (nSPS) is 16.8. The van der Waals surface area contributed by atoms with Crippen molar-refractivity contribution in [1.29, 1.82) is 0 Å². The maximum Gasteiger partial charge on any atom is 0.295 e. The molecule has 3 aromatic carbocycles. The van der Waals surface area contributed by atoms with Gasteiger partial charge in [-0.15, -0.1) is 0 Å². The molecule has 0 spiro atoms. The van der Waals surface area contributed by atoms with E-state index in [-0.39, 0.29) is 23.6 Å². The van der Waals surface area contributed by atoms with Gasteiger partial charge in [-0.3, -0.25) is 19.7 Å². The van der Waals surface area contributed by atoms with Crippen LogP contribution in [0.15, 0.2) is 78.5 Å². The molecule has 2 N–H and O–H groups in total. The van der Waals surface area contributed by atoms with Crippen molar-refractivity contribution >= 4 is 34.0 Å². The van der Waals surface area contributed by atoms with Crippen molar-refractivity contribution in [3.8, 4) is 5.75 Å². The molecule has 1 fully saturated rings. The van der Waals surface area contributed by atoms with Gasteiger partial charge in [-0.05, 0) is 54.8 Å². The Morgan fingerprint density at radius 3 is 2.45 bits per heavy atom. The third-order valence-corrected chi connectivity index (χ3v) is 6.88. The lowest BCUT2D eigenvalue weighted by Gasteiger charge is -2.25. The zero-order valence-corrected chi connectivity index (χ0v) is 20.8. The second-order valence-corrected chi connectivity index (χ2v) is 9.18. The predicted octanol–water partition coefficient (Wildman–Crippen LogP) is 5.06. The lowest BCUT2D eigenvalue weighted by Crippen LogP contribution is -2.31. The number of hydrogen-bond donors (Lipinski definition) is 2. The van der Waals surface area contributed by atoms with Crippen LogP contribution in [0.3, 0.4) is 0 Å². The molecule has 1 amide bonds. The Labute approximate surface area is 218 Å². The highest BCUT2D eigenvalue weighted by atomic mass is 16.6. The highest BCUT2D eigenvalue weighted by molar-refractivity contribution is 6.46. The Balaban J connectivity index is 1.56. The van der Waals surface area contributed by atoms with E-state index in [0.717, 1.165) is 22.0 Å². The Kier molecular flexibility index (Phi) is 6.42. The average molecular weight is 512 g/mol. The molecular formula is C29H25N3O6. The van der Waals surface area contributed by atoms with Crippen LogP contribution in [-0.4, -0.2) is 45.3 Å². The van der Waals surface area contributed by atoms with Crippen LogP contribution in [0.5, 0.6) is 5.75 Å². The first kappa shape index (κ1) is 24.8. The van der Waals surface area contributed by atoms with Gasteiger partial charge in [0.05, 0.1) is 23.6 Å². The van der Waals surface area contributed by atoms with Crippen LogP contribution in [0.1, 0.15) is 28.3 Å². The molecule has 38 heavy (non-hydrogen) atoms. The summed E-state index contributed by atoms with van der Waals surface area (Å²) < 4.78 is 5.34. The Bertz CT molecular complexity index is 1590. The number of methoxy groups -OCH3 is 1. The number of benzene rings is 3. The molecule has 4 aromatic rings. The molecule has 0 radical (unpaired) electrons. The number of aryl methyl sites for hydroxylation is 1. The number of rotatable bonds is 7. The largest absolute Gasteiger partial charge is 0.507 e. The second kappa shape index (κ2) is 9.85. The lowest BCUT2D eigenvalue weighted by molar-refractivity contribution is -0.384. The van der Waals surface area contributed by atoms with Gasteiger partial charge in [0.1, 0.15) is 11.5 Å². The van der Waals surface area contributed by atoms with Crippen LogP contribution in [-0.2, 0) is 16.0 Å². The summed E-state index contributed by atoms with van der Waals surface area (Å²) >= 11 is 0. The number of nitro groups is 1. The molecule has 0 bridgehead atoms. The number of fused-ring (bicyclic) bond motifs is 1. The van der Waals surface area contributed by atoms with Crippen molar-refractivity contribution in [2.45, 2.75) is 19.4 Å². The van der Waals surface area contributed by atoms with E-state index in [1.807, 2.05) is 31.3 Å². The summed E-state index contributed by atoms with van der Waals surface area (Å²) in [5.41, 5.74) is 3.55. The van der Waals surface area contributed by atoms with Gasteiger partial charge in [-0.25, -0.2) is 0 Å². The van der Waals surface area contributed by atoms with Gasteiger partial charge >= 0.3 is 0 Å². The minimum absolute atomic E-state index is 0.0479. The van der Waals surface area contributed by atoms with Crippen LogP contribution in [0, 0.1) is 17.0 Å². The summed E-state index contributed by atoms with van der Waals surface area (Å²) in [4.78, 5) is 41.9. The van der Waals surface area contributed by atoms with Crippen molar-refractivity contribution < 1.29 is 24.4 Å². The number of nitrogens with one attached hydrogen (secondary N) is 1. The minimum Gasteiger partial charge on any atom is -0.507 e. The number of likely N-dealkylation sites (tertiary alicyclic amines) is 1. The quantitative estimate of drug-likeness (QED) is 0.117. The van der Waals surface area contributed by atoms with Crippen molar-refractivity contribution in [3.05, 3.63) is 111 Å². The fourth-order valence-corrected chi connectivity index (χ4v) is 4.83. The monoisotopic (exact) mass is 511 g/mol. The molecule has 192 valence electrons. The predicted molar refractivity (Wildman–Crippen MR) is 142 cm³/mol. The third kappa shape index (κ3) is 4.39. The summed E-state index contributed by atoms with van der Waals surface area (Å²) in [7, 11) is 1.59. The van der Waals surface area contributed by atoms with E-state index in [0.29, 0.717) is 23.3 Å². The van der Waals surface area contributed by atoms with Crippen molar-refractivity contribution in [2.75, 3.05) is 13.7 Å². The number of carbonyl (C=O) groups is 2. The van der Waals surface area contributed by atoms with Gasteiger partial charge in [0.15, 0.2) is 0 Å². The standard InChI is InChI=1S/C29H25N3O6/c1-17-3-5-19(6-4-17)27(33)25-26(18-7-9-21(10-8-18)32(36)37)31(29(35)28(25)34)14-13-20-16-30-24-12-11-22(38-2)15-23(20)24/h3-12,15-16,26,30,33H,13-14H2,1-2H3/t26-/m0/s1. The molecule has 1 saturated heterocycles. The number of hydrogen-bond acceptors (Lipinski definition) is 6. The number of Topliss-reactive ketones (excluding diaryl/α,β-unsaturated/α-hetero) is 1. The maximum atomic E-state index is 13.3. The molecule has 1 aliphatic rings. The molecule has 0 saturated carbocycles. The summed E-state index contributed by atoms with van der Waals surface area (Å²) in [6, 6.07) is 17.4. The smallest absolute Gasteiger partial charge is 0.295 e. The van der Waals surface area contributed by atoms with Crippen LogP contribution in [0.2, 0.25) is 0 Å². The zero-order chi connectivity index (χ0) is 27.0. The summed E-state index contributed by atoms with van der Waals surface area (Å²) in [5.74, 6) is -1.12. The highest BCUT2D eigenvalue weighted by Crippen LogP contribution is 2.40. The molecule has 9 nitrogen and oxygen atoms in total. The minimum atomic E-state index is -0.906.